The number of esters is 2. The Morgan fingerprint density at radius 2 is 1.75 bits per heavy atom. The Balaban J connectivity index is 2.90. The number of carbonyl (C=O) groups excluding carboxylic acids is 2. The van der Waals surface area contributed by atoms with Crippen LogP contribution in [0.15, 0.2) is 6.20 Å². The number of nitriles is 1. The van der Waals surface area contributed by atoms with Crippen LogP contribution in [0.3, 0.4) is 0 Å². The van der Waals surface area contributed by atoms with Crippen LogP contribution < -0.4 is 0 Å². The first-order chi connectivity index (χ1) is 14.6. The van der Waals surface area contributed by atoms with E-state index in [-0.39, 0.29) is 27.7 Å². The molecule has 0 atom stereocenters. The van der Waals surface area contributed by atoms with Crippen molar-refractivity contribution >= 4 is 35.0 Å². The van der Waals surface area contributed by atoms with E-state index in [0.717, 1.165) is 0 Å². The van der Waals surface area contributed by atoms with E-state index in [1.807, 2.05) is 26.8 Å². The van der Waals surface area contributed by atoms with Crippen molar-refractivity contribution in [2.75, 3.05) is 7.11 Å². The molecule has 0 amide bonds. The van der Waals surface area contributed by atoms with Crippen LogP contribution in [0.2, 0.25) is 5.15 Å². The zero-order valence-electron chi connectivity index (χ0n) is 19.8. The number of hydrogen-bond donors (Lipinski definition) is 0. The first-order valence-electron chi connectivity index (χ1n) is 9.88. The highest BCUT2D eigenvalue weighted by atomic mass is 35.5. The quantitative estimate of drug-likeness (QED) is 0.382. The Hall–Kier alpha value is -3.12. The Labute approximate surface area is 192 Å². The smallest absolute Gasteiger partial charge is 0.341 e. The molecule has 2 heterocycles. The van der Waals surface area contributed by atoms with E-state index < -0.39 is 22.8 Å². The average molecular weight is 462 g/mol. The highest BCUT2D eigenvalue weighted by Gasteiger charge is 2.32. The minimum atomic E-state index is -0.855. The van der Waals surface area contributed by atoms with Crippen molar-refractivity contribution in [1.82, 2.24) is 19.6 Å². The van der Waals surface area contributed by atoms with Crippen molar-refractivity contribution in [3.8, 4) is 6.07 Å². The second kappa shape index (κ2) is 8.79. The summed E-state index contributed by atoms with van der Waals surface area (Å²) < 4.78 is 13.2. The maximum absolute atomic E-state index is 12.8. The summed E-state index contributed by atoms with van der Waals surface area (Å²) in [6, 6.07) is 2.04. The molecule has 0 spiro atoms. The summed E-state index contributed by atoms with van der Waals surface area (Å²) in [6.07, 6.45) is 1.38. The molecule has 0 bridgehead atoms. The zero-order valence-corrected chi connectivity index (χ0v) is 20.6. The van der Waals surface area contributed by atoms with Crippen LogP contribution in [-0.4, -0.2) is 38.6 Å². The summed E-state index contributed by atoms with van der Waals surface area (Å²) in [5.41, 5.74) is -0.141. The average Bonchev–Trinajstić information content (AvgIpc) is 3.22. The first kappa shape index (κ1) is 25.1. The minimum Gasteiger partial charge on any atom is -0.465 e. The monoisotopic (exact) mass is 461 g/mol. The molecule has 172 valence electrons. The SMILES string of the molecule is COC(=O)c1cn(C(C#N)=C(OC(=O)C(C)(C)C)c2c(C)nn(C)c2Cl)nc1C(C)(C)C. The van der Waals surface area contributed by atoms with E-state index in [1.165, 1.54) is 22.7 Å². The number of aryl methyl sites for hydroxylation is 2. The van der Waals surface area contributed by atoms with E-state index in [2.05, 4.69) is 10.2 Å². The molecule has 0 aliphatic carbocycles. The van der Waals surface area contributed by atoms with E-state index in [4.69, 9.17) is 21.1 Å². The summed E-state index contributed by atoms with van der Waals surface area (Å²) >= 11 is 6.44. The predicted molar refractivity (Wildman–Crippen MR) is 119 cm³/mol. The number of rotatable bonds is 4. The molecule has 0 aliphatic heterocycles. The van der Waals surface area contributed by atoms with Crippen molar-refractivity contribution < 1.29 is 19.1 Å². The molecule has 10 heteroatoms. The molecule has 2 aromatic heterocycles. The number of allylic oxidation sites excluding steroid dienone is 1. The molecule has 0 saturated heterocycles. The van der Waals surface area contributed by atoms with Gasteiger partial charge in [-0.15, -0.1) is 0 Å². The van der Waals surface area contributed by atoms with E-state index in [0.29, 0.717) is 11.4 Å². The predicted octanol–water partition coefficient (Wildman–Crippen LogP) is 4.10. The van der Waals surface area contributed by atoms with Crippen LogP contribution in [0, 0.1) is 23.7 Å². The summed E-state index contributed by atoms with van der Waals surface area (Å²) in [5, 5.41) is 19.0. The number of ether oxygens (including phenoxy) is 2. The van der Waals surface area contributed by atoms with Gasteiger partial charge in [-0.1, -0.05) is 32.4 Å². The van der Waals surface area contributed by atoms with Gasteiger partial charge >= 0.3 is 11.9 Å². The molecular weight excluding hydrogens is 434 g/mol. The fourth-order valence-electron chi connectivity index (χ4n) is 2.86. The highest BCUT2D eigenvalue weighted by molar-refractivity contribution is 6.31. The molecule has 0 radical (unpaired) electrons. The third-order valence-corrected chi connectivity index (χ3v) is 5.00. The third kappa shape index (κ3) is 4.86. The van der Waals surface area contributed by atoms with Crippen LogP contribution in [-0.2, 0) is 26.7 Å². The van der Waals surface area contributed by atoms with Crippen LogP contribution >= 0.6 is 11.6 Å². The standard InChI is InChI=1S/C22H28ClN5O4/c1-12-15(18(23)27(8)25-12)16(32-20(30)22(5,6)7)14(10-24)28-11-13(19(29)31-9)17(26-28)21(2,3)4/h11H,1-9H3. The maximum Gasteiger partial charge on any atom is 0.341 e. The third-order valence-electron chi connectivity index (χ3n) is 4.57. The second-order valence-electron chi connectivity index (χ2n) is 9.38. The molecule has 2 rings (SSSR count). The Morgan fingerprint density at radius 1 is 1.16 bits per heavy atom. The van der Waals surface area contributed by atoms with Gasteiger partial charge in [-0.2, -0.15) is 15.5 Å². The number of nitrogens with zero attached hydrogens (tertiary/aromatic N) is 5. The maximum atomic E-state index is 12.8. The number of carbonyl (C=O) groups is 2. The van der Waals surface area contributed by atoms with Gasteiger partial charge in [-0.25, -0.2) is 9.48 Å². The second-order valence-corrected chi connectivity index (χ2v) is 9.74. The summed E-state index contributed by atoms with van der Waals surface area (Å²) in [4.78, 5) is 25.1. The molecule has 0 saturated carbocycles. The molecule has 0 fully saturated rings. The fourth-order valence-corrected chi connectivity index (χ4v) is 3.12. The minimum absolute atomic E-state index is 0.0950. The molecule has 2 aromatic rings. The summed E-state index contributed by atoms with van der Waals surface area (Å²) in [5.74, 6) is -1.26. The van der Waals surface area contributed by atoms with Gasteiger partial charge in [0.1, 0.15) is 16.8 Å². The first-order valence-corrected chi connectivity index (χ1v) is 10.3. The Morgan fingerprint density at radius 3 is 2.16 bits per heavy atom. The van der Waals surface area contributed by atoms with E-state index in [1.54, 1.807) is 34.7 Å². The highest BCUT2D eigenvalue weighted by Crippen LogP contribution is 2.34. The van der Waals surface area contributed by atoms with Gasteiger partial charge in [0, 0.05) is 18.7 Å². The van der Waals surface area contributed by atoms with Crippen LogP contribution in [0.25, 0.3) is 11.5 Å². The molecule has 0 N–H and O–H groups in total. The van der Waals surface area contributed by atoms with Crippen molar-refractivity contribution in [2.24, 2.45) is 12.5 Å². The van der Waals surface area contributed by atoms with Crippen molar-refractivity contribution in [3.63, 3.8) is 0 Å². The normalized spacial score (nSPS) is 12.8. The van der Waals surface area contributed by atoms with E-state index in [9.17, 15) is 14.9 Å². The van der Waals surface area contributed by atoms with Gasteiger partial charge in [0.2, 0.25) is 0 Å². The number of methoxy groups -OCH3 is 1. The number of aromatic nitrogens is 4. The largest absolute Gasteiger partial charge is 0.465 e. The summed E-state index contributed by atoms with van der Waals surface area (Å²) in [7, 11) is 2.90. The van der Waals surface area contributed by atoms with Gasteiger partial charge in [0.15, 0.2) is 11.5 Å². The molecular formula is C22H28ClN5O4. The van der Waals surface area contributed by atoms with Crippen molar-refractivity contribution in [2.45, 2.75) is 53.9 Å². The van der Waals surface area contributed by atoms with Crippen LogP contribution in [0.4, 0.5) is 0 Å². The van der Waals surface area contributed by atoms with Crippen molar-refractivity contribution in [1.29, 1.82) is 5.26 Å². The van der Waals surface area contributed by atoms with Gasteiger partial charge < -0.3 is 9.47 Å². The van der Waals surface area contributed by atoms with E-state index >= 15 is 0 Å². The topological polar surface area (TPSA) is 112 Å². The Kier molecular flexibility index (Phi) is 6.90. The fraction of sp³-hybridized carbons (Fsp3) is 0.500. The van der Waals surface area contributed by atoms with Crippen molar-refractivity contribution in [3.05, 3.63) is 33.9 Å². The number of hydrogen-bond acceptors (Lipinski definition) is 7. The molecule has 9 nitrogen and oxygen atoms in total. The molecule has 0 aromatic carbocycles. The zero-order chi connectivity index (χ0) is 24.6. The number of halogens is 1. The molecule has 0 aliphatic rings. The van der Waals surface area contributed by atoms with Gasteiger partial charge in [0.25, 0.3) is 0 Å². The lowest BCUT2D eigenvalue weighted by molar-refractivity contribution is -0.145. The Bertz CT molecular complexity index is 1140. The molecule has 0 unspecified atom stereocenters. The van der Waals surface area contributed by atoms with Crippen LogP contribution in [0.5, 0.6) is 0 Å². The van der Waals surface area contributed by atoms with Crippen LogP contribution in [0.1, 0.15) is 68.9 Å². The lowest BCUT2D eigenvalue weighted by Crippen LogP contribution is -2.23. The molecule has 32 heavy (non-hydrogen) atoms. The lowest BCUT2D eigenvalue weighted by atomic mass is 9.90. The lowest BCUT2D eigenvalue weighted by Gasteiger charge is -2.19. The van der Waals surface area contributed by atoms with Gasteiger partial charge in [-0.3, -0.25) is 9.48 Å². The van der Waals surface area contributed by atoms with Gasteiger partial charge in [-0.05, 0) is 27.7 Å². The van der Waals surface area contributed by atoms with Gasteiger partial charge in [0.05, 0.1) is 29.5 Å². The summed E-state index contributed by atoms with van der Waals surface area (Å²) in [6.45, 7) is 12.4.